The second-order valence-electron chi connectivity index (χ2n) is 5.24. The molecule has 0 spiro atoms. The highest BCUT2D eigenvalue weighted by atomic mass is 16.5. The van der Waals surface area contributed by atoms with Gasteiger partial charge in [-0.15, -0.1) is 0 Å². The molecule has 1 aliphatic carbocycles. The fraction of sp³-hybridized carbons (Fsp3) is 1.00. The molecule has 1 aliphatic rings. The van der Waals surface area contributed by atoms with E-state index >= 15 is 0 Å². The van der Waals surface area contributed by atoms with Gasteiger partial charge in [0.15, 0.2) is 0 Å². The first-order valence-corrected chi connectivity index (χ1v) is 5.16. The predicted molar refractivity (Wildman–Crippen MR) is 53.7 cm³/mol. The third-order valence-corrected chi connectivity index (χ3v) is 3.18. The Labute approximate surface area is 81.3 Å². The minimum absolute atomic E-state index is 0.0830. The summed E-state index contributed by atoms with van der Waals surface area (Å²) in [5.74, 6) is 0. The summed E-state index contributed by atoms with van der Waals surface area (Å²) in [6, 6.07) is 0. The van der Waals surface area contributed by atoms with Crippen molar-refractivity contribution >= 4 is 0 Å². The second-order valence-corrected chi connectivity index (χ2v) is 5.24. The van der Waals surface area contributed by atoms with Crippen molar-refractivity contribution in [3.63, 3.8) is 0 Å². The van der Waals surface area contributed by atoms with Crippen LogP contribution < -0.4 is 0 Å². The van der Waals surface area contributed by atoms with Crippen LogP contribution in [0.5, 0.6) is 0 Å². The summed E-state index contributed by atoms with van der Waals surface area (Å²) in [6.07, 6.45) is 4.01. The smallest absolute Gasteiger partial charge is 0.0941 e. The van der Waals surface area contributed by atoms with Gasteiger partial charge in [0.2, 0.25) is 0 Å². The number of hydrogen-bond donors (Lipinski definition) is 1. The molecule has 2 heteroatoms. The van der Waals surface area contributed by atoms with Gasteiger partial charge < -0.3 is 9.84 Å². The van der Waals surface area contributed by atoms with Crippen molar-refractivity contribution in [1.82, 2.24) is 0 Å². The van der Waals surface area contributed by atoms with Crippen molar-refractivity contribution in [2.24, 2.45) is 5.41 Å². The molecule has 2 nitrogen and oxygen atoms in total. The van der Waals surface area contributed by atoms with Crippen LogP contribution in [0.15, 0.2) is 0 Å². The van der Waals surface area contributed by atoms with Gasteiger partial charge in [-0.05, 0) is 18.3 Å². The van der Waals surface area contributed by atoms with Crippen LogP contribution in [0.3, 0.4) is 0 Å². The van der Waals surface area contributed by atoms with E-state index < -0.39 is 0 Å². The maximum atomic E-state index is 10.2. The zero-order valence-corrected chi connectivity index (χ0v) is 9.26. The summed E-state index contributed by atoms with van der Waals surface area (Å²) >= 11 is 0. The molecule has 0 aromatic rings. The molecule has 13 heavy (non-hydrogen) atoms. The Morgan fingerprint density at radius 2 is 1.69 bits per heavy atom. The van der Waals surface area contributed by atoms with Gasteiger partial charge in [-0.25, -0.2) is 0 Å². The van der Waals surface area contributed by atoms with Gasteiger partial charge in [0.1, 0.15) is 0 Å². The van der Waals surface area contributed by atoms with Crippen molar-refractivity contribution in [3.8, 4) is 0 Å². The SMILES string of the molecule is COC1(C(O)C(C)(C)C)CCCC1. The average molecular weight is 186 g/mol. The van der Waals surface area contributed by atoms with Crippen molar-refractivity contribution in [2.75, 3.05) is 7.11 Å². The van der Waals surface area contributed by atoms with Gasteiger partial charge in [0.25, 0.3) is 0 Å². The fourth-order valence-electron chi connectivity index (χ4n) is 2.35. The lowest BCUT2D eigenvalue weighted by molar-refractivity contribution is -0.137. The molecular formula is C11H22O2. The van der Waals surface area contributed by atoms with Gasteiger partial charge in [-0.3, -0.25) is 0 Å². The minimum atomic E-state index is -0.354. The molecule has 0 saturated heterocycles. The topological polar surface area (TPSA) is 29.5 Å². The van der Waals surface area contributed by atoms with E-state index in [1.807, 2.05) is 0 Å². The van der Waals surface area contributed by atoms with Crippen LogP contribution in [0.1, 0.15) is 46.5 Å². The lowest BCUT2D eigenvalue weighted by Crippen LogP contribution is -2.48. The summed E-state index contributed by atoms with van der Waals surface area (Å²) in [5.41, 5.74) is -0.349. The Kier molecular flexibility index (Phi) is 3.03. The third kappa shape index (κ3) is 2.05. The van der Waals surface area contributed by atoms with Gasteiger partial charge in [0.05, 0.1) is 11.7 Å². The Morgan fingerprint density at radius 1 is 1.23 bits per heavy atom. The molecular weight excluding hydrogens is 164 g/mol. The van der Waals surface area contributed by atoms with E-state index in [0.717, 1.165) is 12.8 Å². The Bertz CT molecular complexity index is 163. The minimum Gasteiger partial charge on any atom is -0.390 e. The number of hydrogen-bond acceptors (Lipinski definition) is 2. The summed E-state index contributed by atoms with van der Waals surface area (Å²) in [6.45, 7) is 6.20. The second kappa shape index (κ2) is 3.58. The molecule has 78 valence electrons. The van der Waals surface area contributed by atoms with E-state index in [1.165, 1.54) is 12.8 Å². The molecule has 1 atom stereocenters. The van der Waals surface area contributed by atoms with Crippen molar-refractivity contribution in [3.05, 3.63) is 0 Å². The van der Waals surface area contributed by atoms with Gasteiger partial charge >= 0.3 is 0 Å². The Hall–Kier alpha value is -0.0800. The van der Waals surface area contributed by atoms with Crippen molar-refractivity contribution < 1.29 is 9.84 Å². The fourth-order valence-corrected chi connectivity index (χ4v) is 2.35. The molecule has 1 rings (SSSR count). The molecule has 1 N–H and O–H groups in total. The van der Waals surface area contributed by atoms with E-state index in [9.17, 15) is 5.11 Å². The quantitative estimate of drug-likeness (QED) is 0.717. The van der Waals surface area contributed by atoms with Crippen LogP contribution in [0.2, 0.25) is 0 Å². The maximum Gasteiger partial charge on any atom is 0.0941 e. The molecule has 0 amide bonds. The number of aliphatic hydroxyl groups is 1. The van der Waals surface area contributed by atoms with E-state index in [4.69, 9.17) is 4.74 Å². The van der Waals surface area contributed by atoms with Crippen LogP contribution in [0.4, 0.5) is 0 Å². The van der Waals surface area contributed by atoms with E-state index in [2.05, 4.69) is 20.8 Å². The Balaban J connectivity index is 2.76. The van der Waals surface area contributed by atoms with Crippen LogP contribution in [0, 0.1) is 5.41 Å². The number of methoxy groups -OCH3 is 1. The van der Waals surface area contributed by atoms with E-state index in [1.54, 1.807) is 7.11 Å². The van der Waals surface area contributed by atoms with E-state index in [0.29, 0.717) is 0 Å². The molecule has 0 radical (unpaired) electrons. The predicted octanol–water partition coefficient (Wildman–Crippen LogP) is 2.35. The first-order chi connectivity index (χ1) is 5.92. The molecule has 0 bridgehead atoms. The van der Waals surface area contributed by atoms with Crippen molar-refractivity contribution in [2.45, 2.75) is 58.2 Å². The van der Waals surface area contributed by atoms with E-state index in [-0.39, 0.29) is 17.1 Å². The summed E-state index contributed by atoms with van der Waals surface area (Å²) in [5, 5.41) is 10.2. The summed E-state index contributed by atoms with van der Waals surface area (Å²) in [4.78, 5) is 0. The lowest BCUT2D eigenvalue weighted by Gasteiger charge is -2.40. The van der Waals surface area contributed by atoms with Crippen LogP contribution in [0.25, 0.3) is 0 Å². The van der Waals surface area contributed by atoms with Crippen LogP contribution >= 0.6 is 0 Å². The lowest BCUT2D eigenvalue weighted by atomic mass is 9.77. The highest BCUT2D eigenvalue weighted by Gasteiger charge is 2.45. The average Bonchev–Trinajstić information content (AvgIpc) is 2.50. The molecule has 1 fully saturated rings. The standard InChI is InChI=1S/C11H22O2/c1-10(2,3)9(12)11(13-4)7-5-6-8-11/h9,12H,5-8H2,1-4H3. The third-order valence-electron chi connectivity index (χ3n) is 3.18. The first kappa shape index (κ1) is 11.0. The largest absolute Gasteiger partial charge is 0.390 e. The summed E-state index contributed by atoms with van der Waals surface area (Å²) in [7, 11) is 1.72. The number of aliphatic hydroxyl groups excluding tert-OH is 1. The van der Waals surface area contributed by atoms with Crippen LogP contribution in [-0.2, 0) is 4.74 Å². The van der Waals surface area contributed by atoms with Gasteiger partial charge in [-0.1, -0.05) is 33.6 Å². The molecule has 0 heterocycles. The number of rotatable bonds is 2. The van der Waals surface area contributed by atoms with Crippen LogP contribution in [-0.4, -0.2) is 23.9 Å². The zero-order chi connectivity index (χ0) is 10.1. The molecule has 1 unspecified atom stereocenters. The monoisotopic (exact) mass is 186 g/mol. The summed E-state index contributed by atoms with van der Waals surface area (Å²) < 4.78 is 5.54. The number of ether oxygens (including phenoxy) is 1. The van der Waals surface area contributed by atoms with Gasteiger partial charge in [0, 0.05) is 7.11 Å². The van der Waals surface area contributed by atoms with Gasteiger partial charge in [-0.2, -0.15) is 0 Å². The Morgan fingerprint density at radius 3 is 2.00 bits per heavy atom. The molecule has 1 saturated carbocycles. The molecule has 0 aromatic heterocycles. The maximum absolute atomic E-state index is 10.2. The molecule has 0 aromatic carbocycles. The molecule has 0 aliphatic heterocycles. The first-order valence-electron chi connectivity index (χ1n) is 5.16. The highest BCUT2D eigenvalue weighted by Crippen LogP contribution is 2.41. The zero-order valence-electron chi connectivity index (χ0n) is 9.26. The highest BCUT2D eigenvalue weighted by molar-refractivity contribution is 4.97. The van der Waals surface area contributed by atoms with Crippen molar-refractivity contribution in [1.29, 1.82) is 0 Å². The normalized spacial score (nSPS) is 24.7.